The van der Waals surface area contributed by atoms with Crippen LogP contribution < -0.4 is 5.32 Å². The van der Waals surface area contributed by atoms with Crippen molar-refractivity contribution in [3.8, 4) is 0 Å². The van der Waals surface area contributed by atoms with E-state index in [-0.39, 0.29) is 0 Å². The molecule has 1 aliphatic carbocycles. The van der Waals surface area contributed by atoms with Gasteiger partial charge in [0.1, 0.15) is 0 Å². The maximum absolute atomic E-state index is 5.66. The van der Waals surface area contributed by atoms with Gasteiger partial charge in [0.2, 0.25) is 0 Å². The lowest BCUT2D eigenvalue weighted by Crippen LogP contribution is -2.43. The van der Waals surface area contributed by atoms with Crippen molar-refractivity contribution in [3.05, 3.63) is 22.4 Å². The summed E-state index contributed by atoms with van der Waals surface area (Å²) in [5.74, 6) is 0. The van der Waals surface area contributed by atoms with Crippen LogP contribution in [0, 0.1) is 10.8 Å². The zero-order chi connectivity index (χ0) is 14.4. The highest BCUT2D eigenvalue weighted by atomic mass is 32.1. The molecule has 1 N–H and O–H groups in total. The van der Waals surface area contributed by atoms with Crippen molar-refractivity contribution in [2.75, 3.05) is 6.54 Å². The van der Waals surface area contributed by atoms with Crippen molar-refractivity contribution in [1.82, 2.24) is 10.2 Å². The Kier molecular flexibility index (Phi) is 3.57. The first-order valence-corrected chi connectivity index (χ1v) is 8.73. The van der Waals surface area contributed by atoms with E-state index in [2.05, 4.69) is 48.5 Å². The van der Waals surface area contributed by atoms with Crippen molar-refractivity contribution >= 4 is 28.7 Å². The molecule has 2 nitrogen and oxygen atoms in total. The zero-order valence-corrected chi connectivity index (χ0v) is 14.2. The average Bonchev–Trinajstić information content (AvgIpc) is 2.91. The first-order valence-electron chi connectivity index (χ1n) is 7.44. The smallest absolute Gasteiger partial charge is 0.169 e. The molecule has 0 spiro atoms. The van der Waals surface area contributed by atoms with Crippen LogP contribution in [0.2, 0.25) is 0 Å². The van der Waals surface area contributed by atoms with Crippen molar-refractivity contribution in [2.24, 2.45) is 10.8 Å². The van der Waals surface area contributed by atoms with Gasteiger partial charge in [0.15, 0.2) is 5.11 Å². The monoisotopic (exact) mass is 308 g/mol. The van der Waals surface area contributed by atoms with Gasteiger partial charge in [-0.2, -0.15) is 0 Å². The molecule has 1 aromatic heterocycles. The van der Waals surface area contributed by atoms with Gasteiger partial charge in [0, 0.05) is 17.5 Å². The van der Waals surface area contributed by atoms with Gasteiger partial charge in [-0.15, -0.1) is 11.3 Å². The van der Waals surface area contributed by atoms with E-state index < -0.39 is 0 Å². The third-order valence-electron chi connectivity index (χ3n) is 4.67. The molecule has 2 fully saturated rings. The second-order valence-electron chi connectivity index (χ2n) is 7.58. The molecule has 0 amide bonds. The van der Waals surface area contributed by atoms with Gasteiger partial charge in [0.05, 0.1) is 6.54 Å². The molecule has 110 valence electrons. The number of hydrogen-bond acceptors (Lipinski definition) is 2. The maximum Gasteiger partial charge on any atom is 0.169 e. The Morgan fingerprint density at radius 3 is 2.95 bits per heavy atom. The predicted octanol–water partition coefficient (Wildman–Crippen LogP) is 4.02. The Bertz CT molecular complexity index is 495. The third-order valence-corrected chi connectivity index (χ3v) is 5.92. The van der Waals surface area contributed by atoms with Crippen LogP contribution in [0.25, 0.3) is 0 Å². The van der Waals surface area contributed by atoms with E-state index in [9.17, 15) is 0 Å². The van der Waals surface area contributed by atoms with Gasteiger partial charge < -0.3 is 10.2 Å². The summed E-state index contributed by atoms with van der Waals surface area (Å²) in [5, 5.41) is 6.52. The number of hydrogen-bond donors (Lipinski definition) is 1. The topological polar surface area (TPSA) is 15.3 Å². The van der Waals surface area contributed by atoms with Crippen LogP contribution in [0.4, 0.5) is 0 Å². The molecule has 2 bridgehead atoms. The highest BCUT2D eigenvalue weighted by Gasteiger charge is 2.50. The molecule has 2 heterocycles. The molecule has 1 aromatic rings. The predicted molar refractivity (Wildman–Crippen MR) is 90.0 cm³/mol. The Morgan fingerprint density at radius 2 is 2.25 bits per heavy atom. The van der Waals surface area contributed by atoms with Crippen LogP contribution in [0.5, 0.6) is 0 Å². The van der Waals surface area contributed by atoms with E-state index in [1.807, 2.05) is 0 Å². The van der Waals surface area contributed by atoms with Crippen LogP contribution in [0.3, 0.4) is 0 Å². The number of fused-ring (bicyclic) bond motifs is 2. The number of likely N-dealkylation sites (tertiary alicyclic amines) is 1. The number of nitrogens with zero attached hydrogens (tertiary/aromatic N) is 1. The van der Waals surface area contributed by atoms with E-state index in [1.54, 1.807) is 11.3 Å². The van der Waals surface area contributed by atoms with Crippen LogP contribution in [0.15, 0.2) is 17.5 Å². The van der Waals surface area contributed by atoms with Crippen molar-refractivity contribution in [3.63, 3.8) is 0 Å². The highest BCUT2D eigenvalue weighted by molar-refractivity contribution is 7.80. The van der Waals surface area contributed by atoms with Crippen LogP contribution >= 0.6 is 23.6 Å². The van der Waals surface area contributed by atoms with Gasteiger partial charge in [-0.3, -0.25) is 0 Å². The molecule has 3 rings (SSSR count). The number of thiocarbonyl (C=S) groups is 1. The molecular weight excluding hydrogens is 284 g/mol. The standard InChI is InChI=1S/C16H24N2S2/c1-15(2)7-12-8-16(3,10-15)11-18(12)14(19)17-9-13-5-4-6-20-13/h4-6,12H,7-11H2,1-3H3,(H,17,19)/t12-,16-/m1/s1. The van der Waals surface area contributed by atoms with E-state index in [0.717, 1.165) is 18.2 Å². The number of thiophene rings is 1. The SMILES string of the molecule is CC1(C)C[C@@H]2C[C@@](C)(CN2C(=S)NCc2cccs2)C1. The van der Waals surface area contributed by atoms with Crippen molar-refractivity contribution in [1.29, 1.82) is 0 Å². The largest absolute Gasteiger partial charge is 0.358 e. The van der Waals surface area contributed by atoms with E-state index in [4.69, 9.17) is 12.2 Å². The first kappa shape index (κ1) is 14.3. The fraction of sp³-hybridized carbons (Fsp3) is 0.688. The lowest BCUT2D eigenvalue weighted by atomic mass is 9.65. The van der Waals surface area contributed by atoms with Crippen molar-refractivity contribution in [2.45, 2.75) is 52.6 Å². The van der Waals surface area contributed by atoms with E-state index in [0.29, 0.717) is 16.9 Å². The van der Waals surface area contributed by atoms with Gasteiger partial charge in [-0.25, -0.2) is 0 Å². The molecule has 0 unspecified atom stereocenters. The Morgan fingerprint density at radius 1 is 1.45 bits per heavy atom. The zero-order valence-electron chi connectivity index (χ0n) is 12.6. The van der Waals surface area contributed by atoms with E-state index in [1.165, 1.54) is 24.1 Å². The summed E-state index contributed by atoms with van der Waals surface area (Å²) in [6, 6.07) is 4.89. The number of nitrogens with one attached hydrogen (secondary N) is 1. The summed E-state index contributed by atoms with van der Waals surface area (Å²) >= 11 is 7.44. The quantitative estimate of drug-likeness (QED) is 0.831. The molecule has 1 aliphatic heterocycles. The molecule has 1 saturated carbocycles. The molecule has 2 aliphatic rings. The van der Waals surface area contributed by atoms with E-state index >= 15 is 0 Å². The maximum atomic E-state index is 5.66. The lowest BCUT2D eigenvalue weighted by molar-refractivity contribution is 0.132. The van der Waals surface area contributed by atoms with Crippen LogP contribution in [-0.2, 0) is 6.54 Å². The second kappa shape index (κ2) is 4.99. The van der Waals surface area contributed by atoms with Gasteiger partial charge in [-0.1, -0.05) is 26.8 Å². The summed E-state index contributed by atoms with van der Waals surface area (Å²) in [6.07, 6.45) is 3.89. The van der Waals surface area contributed by atoms with Crippen LogP contribution in [-0.4, -0.2) is 22.6 Å². The molecule has 2 atom stereocenters. The summed E-state index contributed by atoms with van der Waals surface area (Å²) < 4.78 is 0. The highest BCUT2D eigenvalue weighted by Crippen LogP contribution is 2.52. The minimum Gasteiger partial charge on any atom is -0.358 e. The summed E-state index contributed by atoms with van der Waals surface area (Å²) in [5.41, 5.74) is 0.900. The summed E-state index contributed by atoms with van der Waals surface area (Å²) in [4.78, 5) is 3.80. The Labute approximate surface area is 131 Å². The van der Waals surface area contributed by atoms with Crippen molar-refractivity contribution < 1.29 is 0 Å². The normalized spacial score (nSPS) is 31.4. The first-order chi connectivity index (χ1) is 9.37. The fourth-order valence-corrected chi connectivity index (χ4v) is 5.31. The molecule has 0 aromatic carbocycles. The minimum absolute atomic E-state index is 0.446. The molecule has 1 saturated heterocycles. The van der Waals surface area contributed by atoms with Gasteiger partial charge >= 0.3 is 0 Å². The third kappa shape index (κ3) is 2.86. The fourth-order valence-electron chi connectivity index (χ4n) is 4.37. The summed E-state index contributed by atoms with van der Waals surface area (Å²) in [6.45, 7) is 9.23. The minimum atomic E-state index is 0.446. The molecule has 20 heavy (non-hydrogen) atoms. The van der Waals surface area contributed by atoms with Gasteiger partial charge in [-0.05, 0) is 53.8 Å². The Hall–Kier alpha value is -0.610. The molecular formula is C16H24N2S2. The average molecular weight is 309 g/mol. The lowest BCUT2D eigenvalue weighted by Gasteiger charge is -2.39. The van der Waals surface area contributed by atoms with Crippen LogP contribution in [0.1, 0.15) is 44.9 Å². The molecule has 0 radical (unpaired) electrons. The second-order valence-corrected chi connectivity index (χ2v) is 9.00. The summed E-state index contributed by atoms with van der Waals surface area (Å²) in [7, 11) is 0. The number of rotatable bonds is 2. The molecule has 4 heteroatoms. The Balaban J connectivity index is 1.64. The van der Waals surface area contributed by atoms with Gasteiger partial charge in [0.25, 0.3) is 0 Å².